The minimum Gasteiger partial charge on any atom is -0.258 e. The van der Waals surface area contributed by atoms with E-state index in [2.05, 4.69) is 15.0 Å². The van der Waals surface area contributed by atoms with E-state index in [1.165, 1.54) is 6.07 Å². The van der Waals surface area contributed by atoms with Crippen LogP contribution in [0.2, 0.25) is 0 Å². The highest BCUT2D eigenvalue weighted by molar-refractivity contribution is 7.99. The summed E-state index contributed by atoms with van der Waals surface area (Å²) < 4.78 is 0. The molecule has 0 spiro atoms. The van der Waals surface area contributed by atoms with E-state index in [1.54, 1.807) is 31.6 Å². The number of nitrogens with zero attached hydrogens (tertiary/aromatic N) is 4. The van der Waals surface area contributed by atoms with Crippen LogP contribution >= 0.6 is 11.8 Å². The van der Waals surface area contributed by atoms with Gasteiger partial charge in [0.25, 0.3) is 0 Å². The number of aryl methyl sites for hydroxylation is 1. The van der Waals surface area contributed by atoms with Gasteiger partial charge in [0.2, 0.25) is 0 Å². The highest BCUT2D eigenvalue weighted by atomic mass is 32.2. The Kier molecular flexibility index (Phi) is 3.29. The highest BCUT2D eigenvalue weighted by Crippen LogP contribution is 2.30. The Hall–Kier alpha value is -2.02. The molecule has 0 aromatic carbocycles. The van der Waals surface area contributed by atoms with Crippen molar-refractivity contribution in [1.82, 2.24) is 15.0 Å². The molecule has 0 aliphatic carbocycles. The Morgan fingerprint density at radius 3 is 2.65 bits per heavy atom. The lowest BCUT2D eigenvalue weighted by Gasteiger charge is -2.01. The van der Waals surface area contributed by atoms with Crippen molar-refractivity contribution < 1.29 is 4.92 Å². The van der Waals surface area contributed by atoms with E-state index >= 15 is 0 Å². The van der Waals surface area contributed by atoms with Crippen LogP contribution in [-0.4, -0.2) is 19.9 Å². The number of nitro groups is 1. The molecule has 86 valence electrons. The van der Waals surface area contributed by atoms with Crippen LogP contribution in [-0.2, 0) is 0 Å². The maximum absolute atomic E-state index is 10.9. The van der Waals surface area contributed by atoms with Crippen molar-refractivity contribution in [2.45, 2.75) is 17.1 Å². The molecule has 0 aliphatic heterocycles. The van der Waals surface area contributed by atoms with Gasteiger partial charge in [0.05, 0.1) is 4.92 Å². The number of hydrogen-bond donors (Lipinski definition) is 0. The van der Waals surface area contributed by atoms with Gasteiger partial charge in [-0.1, -0.05) is 0 Å². The number of pyridine rings is 1. The molecule has 0 radical (unpaired) electrons. The number of rotatable bonds is 3. The monoisotopic (exact) mass is 248 g/mol. The minimum atomic E-state index is -0.453. The second kappa shape index (κ2) is 4.88. The van der Waals surface area contributed by atoms with Crippen molar-refractivity contribution in [2.24, 2.45) is 0 Å². The molecule has 0 unspecified atom stereocenters. The maximum atomic E-state index is 10.9. The van der Waals surface area contributed by atoms with E-state index in [0.29, 0.717) is 10.2 Å². The molecule has 0 saturated carbocycles. The van der Waals surface area contributed by atoms with Gasteiger partial charge in [-0.05, 0) is 30.3 Å². The van der Waals surface area contributed by atoms with Crippen molar-refractivity contribution >= 4 is 17.4 Å². The Balaban J connectivity index is 2.36. The van der Waals surface area contributed by atoms with Crippen LogP contribution in [0.15, 0.2) is 40.9 Å². The second-order valence-electron chi connectivity index (χ2n) is 3.23. The molecule has 0 bridgehead atoms. The van der Waals surface area contributed by atoms with E-state index in [9.17, 15) is 10.1 Å². The van der Waals surface area contributed by atoms with Gasteiger partial charge in [-0.2, -0.15) is 0 Å². The lowest BCUT2D eigenvalue weighted by molar-refractivity contribution is -0.388. The minimum absolute atomic E-state index is 0.0255. The fraction of sp³-hybridized carbons (Fsp3) is 0.100. The summed E-state index contributed by atoms with van der Waals surface area (Å²) in [5, 5.41) is 11.6. The molecule has 0 saturated heterocycles. The molecule has 2 rings (SSSR count). The Morgan fingerprint density at radius 1 is 1.29 bits per heavy atom. The molecule has 0 fully saturated rings. The second-order valence-corrected chi connectivity index (χ2v) is 4.18. The molecule has 0 aliphatic rings. The number of hydrogen-bond acceptors (Lipinski definition) is 6. The first-order valence-electron chi connectivity index (χ1n) is 4.73. The molecule has 17 heavy (non-hydrogen) atoms. The zero-order chi connectivity index (χ0) is 12.3. The van der Waals surface area contributed by atoms with Crippen molar-refractivity contribution in [3.8, 4) is 0 Å². The van der Waals surface area contributed by atoms with E-state index in [4.69, 9.17) is 0 Å². The van der Waals surface area contributed by atoms with Crippen molar-refractivity contribution in [1.29, 1.82) is 0 Å². The van der Waals surface area contributed by atoms with Crippen LogP contribution in [0.5, 0.6) is 0 Å². The summed E-state index contributed by atoms with van der Waals surface area (Å²) in [5.74, 6) is 0. The molecule has 2 heterocycles. The summed E-state index contributed by atoms with van der Waals surface area (Å²) in [6.45, 7) is 1.76. The third-order valence-electron chi connectivity index (χ3n) is 1.90. The first kappa shape index (κ1) is 11.5. The van der Waals surface area contributed by atoms with Crippen LogP contribution in [0.1, 0.15) is 5.56 Å². The molecule has 2 aromatic heterocycles. The smallest absolute Gasteiger partial charge is 0.258 e. The van der Waals surface area contributed by atoms with E-state index < -0.39 is 4.92 Å². The normalized spacial score (nSPS) is 10.2. The van der Waals surface area contributed by atoms with Crippen LogP contribution < -0.4 is 0 Å². The van der Waals surface area contributed by atoms with Gasteiger partial charge in [-0.15, -0.1) is 0 Å². The standard InChI is InChI=1S/C10H8N4O2S/c1-7-5-8(14(15)16)9(13-6-7)17-10-11-3-2-4-12-10/h2-6H,1H3. The fourth-order valence-corrected chi connectivity index (χ4v) is 1.92. The van der Waals surface area contributed by atoms with Crippen molar-refractivity contribution in [2.75, 3.05) is 0 Å². The summed E-state index contributed by atoms with van der Waals surface area (Å²) in [5.41, 5.74) is 0.720. The lowest BCUT2D eigenvalue weighted by Crippen LogP contribution is -1.95. The number of aromatic nitrogens is 3. The summed E-state index contributed by atoms with van der Waals surface area (Å²) in [6, 6.07) is 3.17. The SMILES string of the molecule is Cc1cnc(Sc2ncccn2)c([N+](=O)[O-])c1. The average molecular weight is 248 g/mol. The third-order valence-corrected chi connectivity index (χ3v) is 2.80. The molecule has 6 nitrogen and oxygen atoms in total. The van der Waals surface area contributed by atoms with Crippen LogP contribution in [0.25, 0.3) is 0 Å². The maximum Gasteiger partial charge on any atom is 0.302 e. The molecule has 7 heteroatoms. The van der Waals surface area contributed by atoms with E-state index in [1.807, 2.05) is 0 Å². The van der Waals surface area contributed by atoms with Gasteiger partial charge in [-0.25, -0.2) is 15.0 Å². The van der Waals surface area contributed by atoms with Gasteiger partial charge in [0.1, 0.15) is 0 Å². The molecule has 0 amide bonds. The fourth-order valence-electron chi connectivity index (χ4n) is 1.18. The Bertz CT molecular complexity index is 547. The van der Waals surface area contributed by atoms with Gasteiger partial charge in [-0.3, -0.25) is 10.1 Å². The largest absolute Gasteiger partial charge is 0.302 e. The lowest BCUT2D eigenvalue weighted by atomic mass is 10.3. The Morgan fingerprint density at radius 2 is 2.00 bits per heavy atom. The first-order chi connectivity index (χ1) is 8.16. The quantitative estimate of drug-likeness (QED) is 0.470. The predicted molar refractivity (Wildman–Crippen MR) is 61.8 cm³/mol. The van der Waals surface area contributed by atoms with Crippen LogP contribution in [0, 0.1) is 17.0 Å². The summed E-state index contributed by atoms with van der Waals surface area (Å²) in [4.78, 5) is 22.4. The van der Waals surface area contributed by atoms with Crippen molar-refractivity contribution in [3.63, 3.8) is 0 Å². The van der Waals surface area contributed by atoms with Gasteiger partial charge in [0.15, 0.2) is 10.2 Å². The van der Waals surface area contributed by atoms with Crippen molar-refractivity contribution in [3.05, 3.63) is 46.4 Å². The topological polar surface area (TPSA) is 81.8 Å². The first-order valence-corrected chi connectivity index (χ1v) is 5.54. The summed E-state index contributed by atoms with van der Waals surface area (Å²) in [6.07, 6.45) is 4.74. The summed E-state index contributed by atoms with van der Waals surface area (Å²) in [7, 11) is 0. The molecule has 2 aromatic rings. The molecular weight excluding hydrogens is 240 g/mol. The van der Waals surface area contributed by atoms with Gasteiger partial charge in [0, 0.05) is 24.7 Å². The summed E-state index contributed by atoms with van der Waals surface area (Å²) >= 11 is 1.08. The third kappa shape index (κ3) is 2.76. The zero-order valence-electron chi connectivity index (χ0n) is 8.90. The van der Waals surface area contributed by atoms with Gasteiger partial charge < -0.3 is 0 Å². The molecule has 0 atom stereocenters. The van der Waals surface area contributed by atoms with Crippen LogP contribution in [0.4, 0.5) is 5.69 Å². The molecular formula is C10H8N4O2S. The van der Waals surface area contributed by atoms with Gasteiger partial charge >= 0.3 is 5.69 Å². The average Bonchev–Trinajstić information content (AvgIpc) is 2.32. The highest BCUT2D eigenvalue weighted by Gasteiger charge is 2.17. The predicted octanol–water partition coefficient (Wildman–Crippen LogP) is 2.24. The molecule has 0 N–H and O–H groups in total. The zero-order valence-corrected chi connectivity index (χ0v) is 9.72. The Labute approximate surface area is 101 Å². The van der Waals surface area contributed by atoms with E-state index in [0.717, 1.165) is 17.3 Å². The van der Waals surface area contributed by atoms with Crippen LogP contribution in [0.3, 0.4) is 0 Å². The van der Waals surface area contributed by atoms with E-state index in [-0.39, 0.29) is 5.69 Å².